The quantitative estimate of drug-likeness (QED) is 0.462. The predicted octanol–water partition coefficient (Wildman–Crippen LogP) is 7.56. The van der Waals surface area contributed by atoms with Crippen LogP contribution in [-0.4, -0.2) is 0 Å². The van der Waals surface area contributed by atoms with Crippen LogP contribution >= 0.6 is 0 Å². The molecule has 1 aliphatic carbocycles. The normalized spacial score (nSPS) is 17.9. The molecule has 1 atom stereocenters. The van der Waals surface area contributed by atoms with Crippen molar-refractivity contribution < 1.29 is 0 Å². The lowest BCUT2D eigenvalue weighted by Gasteiger charge is -2.21. The topological polar surface area (TPSA) is 0 Å². The number of allylic oxidation sites excluding steroid dienone is 2. The maximum atomic E-state index is 2.50. The minimum atomic E-state index is 0.921. The number of fused-ring (bicyclic) bond motifs is 1. The smallest absolute Gasteiger partial charge is 0.0178 e. The van der Waals surface area contributed by atoms with E-state index in [1.165, 1.54) is 79.7 Å². The van der Waals surface area contributed by atoms with Gasteiger partial charge in [-0.3, -0.25) is 0 Å². The summed E-state index contributed by atoms with van der Waals surface area (Å²) in [5, 5.41) is 2.79. The monoisotopic (exact) mass is 320 g/mol. The van der Waals surface area contributed by atoms with Crippen LogP contribution in [0, 0.1) is 5.92 Å². The zero-order valence-electron chi connectivity index (χ0n) is 15.5. The van der Waals surface area contributed by atoms with Gasteiger partial charge in [-0.25, -0.2) is 0 Å². The van der Waals surface area contributed by atoms with Crippen molar-refractivity contribution in [2.45, 2.75) is 71.6 Å². The summed E-state index contributed by atoms with van der Waals surface area (Å²) in [4.78, 5) is 0. The second kappa shape index (κ2) is 8.51. The van der Waals surface area contributed by atoms with E-state index in [2.05, 4.69) is 56.3 Å². The third-order valence-electron chi connectivity index (χ3n) is 5.56. The number of rotatable bonds is 7. The molecule has 128 valence electrons. The number of hydrogen-bond donors (Lipinski definition) is 0. The van der Waals surface area contributed by atoms with Gasteiger partial charge in [0.05, 0.1) is 0 Å². The molecule has 0 amide bonds. The highest BCUT2D eigenvalue weighted by Gasteiger charge is 2.14. The highest BCUT2D eigenvalue weighted by atomic mass is 14.2. The van der Waals surface area contributed by atoms with Crippen molar-refractivity contribution in [3.05, 3.63) is 53.6 Å². The minimum absolute atomic E-state index is 0.921. The summed E-state index contributed by atoms with van der Waals surface area (Å²) in [7, 11) is 0. The number of benzene rings is 2. The van der Waals surface area contributed by atoms with Gasteiger partial charge < -0.3 is 0 Å². The van der Waals surface area contributed by atoms with E-state index >= 15 is 0 Å². The Morgan fingerprint density at radius 3 is 2.50 bits per heavy atom. The molecule has 1 aliphatic rings. The largest absolute Gasteiger partial charge is 0.0804 e. The molecule has 0 nitrogen and oxygen atoms in total. The molecule has 24 heavy (non-hydrogen) atoms. The molecule has 0 saturated carbocycles. The van der Waals surface area contributed by atoms with E-state index in [9.17, 15) is 0 Å². The summed E-state index contributed by atoms with van der Waals surface area (Å²) >= 11 is 0. The maximum absolute atomic E-state index is 2.50. The van der Waals surface area contributed by atoms with Gasteiger partial charge in [0, 0.05) is 0 Å². The Bertz CT molecular complexity index is 692. The zero-order valence-corrected chi connectivity index (χ0v) is 15.5. The summed E-state index contributed by atoms with van der Waals surface area (Å²) in [5.74, 6) is 0.921. The van der Waals surface area contributed by atoms with Gasteiger partial charge in [0.25, 0.3) is 0 Å². The lowest BCUT2D eigenvalue weighted by Crippen LogP contribution is -2.05. The van der Waals surface area contributed by atoms with Gasteiger partial charge in [-0.2, -0.15) is 0 Å². The molecule has 0 N–H and O–H groups in total. The lowest BCUT2D eigenvalue weighted by molar-refractivity contribution is 0.445. The standard InChI is InChI=1S/C24H32/c1-3-5-6-8-20-11-14-24-18-23(16-15-22(24)17-20)21-12-9-19(7-4-2)10-13-21/h11-12,14-19H,3-10,13H2,1-2H3. The number of hydrogen-bond acceptors (Lipinski definition) is 0. The first-order chi connectivity index (χ1) is 11.8. The van der Waals surface area contributed by atoms with Crippen LogP contribution < -0.4 is 0 Å². The molecule has 0 bridgehead atoms. The van der Waals surface area contributed by atoms with Crippen molar-refractivity contribution in [3.63, 3.8) is 0 Å². The molecule has 1 unspecified atom stereocenters. The van der Waals surface area contributed by atoms with E-state index in [1.54, 1.807) is 5.57 Å². The van der Waals surface area contributed by atoms with Crippen LogP contribution in [0.25, 0.3) is 16.3 Å². The van der Waals surface area contributed by atoms with Crippen molar-refractivity contribution >= 4 is 16.3 Å². The van der Waals surface area contributed by atoms with Gasteiger partial charge >= 0.3 is 0 Å². The zero-order chi connectivity index (χ0) is 16.8. The van der Waals surface area contributed by atoms with Crippen LogP contribution in [0.15, 0.2) is 42.5 Å². The van der Waals surface area contributed by atoms with Crippen molar-refractivity contribution in [3.8, 4) is 0 Å². The molecule has 0 heteroatoms. The summed E-state index contributed by atoms with van der Waals surface area (Å²) in [5.41, 5.74) is 4.50. The van der Waals surface area contributed by atoms with Gasteiger partial charge in [0.1, 0.15) is 0 Å². The Kier molecular flexibility index (Phi) is 6.12. The third-order valence-corrected chi connectivity index (χ3v) is 5.56. The van der Waals surface area contributed by atoms with Crippen LogP contribution in [0.3, 0.4) is 0 Å². The molecule has 3 rings (SSSR count). The van der Waals surface area contributed by atoms with Crippen molar-refractivity contribution in [2.24, 2.45) is 5.92 Å². The average molecular weight is 321 g/mol. The Labute approximate surface area is 148 Å². The molecule has 0 aromatic heterocycles. The van der Waals surface area contributed by atoms with Crippen molar-refractivity contribution in [2.75, 3.05) is 0 Å². The van der Waals surface area contributed by atoms with E-state index < -0.39 is 0 Å². The maximum Gasteiger partial charge on any atom is -0.0178 e. The molecule has 0 spiro atoms. The summed E-state index contributed by atoms with van der Waals surface area (Å²) < 4.78 is 0. The molecule has 0 heterocycles. The highest BCUT2D eigenvalue weighted by molar-refractivity contribution is 5.87. The Hall–Kier alpha value is -1.56. The Morgan fingerprint density at radius 1 is 0.917 bits per heavy atom. The third kappa shape index (κ3) is 4.29. The summed E-state index contributed by atoms with van der Waals surface area (Å²) in [6.07, 6.45) is 14.3. The molecule has 0 aliphatic heterocycles. The fourth-order valence-electron chi connectivity index (χ4n) is 4.05. The van der Waals surface area contributed by atoms with E-state index in [0.29, 0.717) is 0 Å². The summed E-state index contributed by atoms with van der Waals surface area (Å²) in [6.45, 7) is 4.57. The van der Waals surface area contributed by atoms with E-state index in [-0.39, 0.29) is 0 Å². The minimum Gasteiger partial charge on any atom is -0.0804 e. The Balaban J connectivity index is 1.73. The van der Waals surface area contributed by atoms with Crippen LogP contribution in [0.2, 0.25) is 0 Å². The van der Waals surface area contributed by atoms with Crippen molar-refractivity contribution in [1.82, 2.24) is 0 Å². The average Bonchev–Trinajstić information content (AvgIpc) is 2.62. The first kappa shape index (κ1) is 17.3. The lowest BCUT2D eigenvalue weighted by atomic mass is 9.84. The number of unbranched alkanes of at least 4 members (excludes halogenated alkanes) is 2. The number of aryl methyl sites for hydroxylation is 1. The molecule has 2 aromatic carbocycles. The van der Waals surface area contributed by atoms with Gasteiger partial charge in [0.2, 0.25) is 0 Å². The van der Waals surface area contributed by atoms with Crippen LogP contribution in [0.5, 0.6) is 0 Å². The molecule has 0 radical (unpaired) electrons. The van der Waals surface area contributed by atoms with Gasteiger partial charge in [-0.15, -0.1) is 0 Å². The fourth-order valence-corrected chi connectivity index (χ4v) is 4.05. The van der Waals surface area contributed by atoms with Gasteiger partial charge in [-0.05, 0) is 71.6 Å². The predicted molar refractivity (Wildman–Crippen MR) is 107 cm³/mol. The second-order valence-electron chi connectivity index (χ2n) is 7.51. The second-order valence-corrected chi connectivity index (χ2v) is 7.51. The van der Waals surface area contributed by atoms with Crippen LogP contribution in [0.4, 0.5) is 0 Å². The SMILES string of the molecule is CCCCCc1ccc2cc(C3=CCC(CCC)CC3)ccc2c1. The van der Waals surface area contributed by atoms with Gasteiger partial charge in [-0.1, -0.05) is 75.9 Å². The molecular weight excluding hydrogens is 288 g/mol. The van der Waals surface area contributed by atoms with E-state index in [4.69, 9.17) is 0 Å². The van der Waals surface area contributed by atoms with Gasteiger partial charge in [0.15, 0.2) is 0 Å². The first-order valence-corrected chi connectivity index (χ1v) is 10.0. The molecular formula is C24H32. The van der Waals surface area contributed by atoms with Crippen LogP contribution in [-0.2, 0) is 6.42 Å². The molecule has 2 aromatic rings. The van der Waals surface area contributed by atoms with Crippen LogP contribution in [0.1, 0.15) is 76.3 Å². The fraction of sp³-hybridized carbons (Fsp3) is 0.500. The van der Waals surface area contributed by atoms with Crippen molar-refractivity contribution in [1.29, 1.82) is 0 Å². The van der Waals surface area contributed by atoms with E-state index in [1.807, 2.05) is 0 Å². The Morgan fingerprint density at radius 2 is 1.75 bits per heavy atom. The van der Waals surface area contributed by atoms with E-state index in [0.717, 1.165) is 5.92 Å². The first-order valence-electron chi connectivity index (χ1n) is 10.0. The molecule has 0 fully saturated rings. The molecule has 0 saturated heterocycles. The highest BCUT2D eigenvalue weighted by Crippen LogP contribution is 2.33. The summed E-state index contributed by atoms with van der Waals surface area (Å²) in [6, 6.07) is 14.1.